The minimum absolute atomic E-state index is 0.0454. The lowest BCUT2D eigenvalue weighted by molar-refractivity contribution is -0.143. The second kappa shape index (κ2) is 12.6. The van der Waals surface area contributed by atoms with E-state index < -0.39 is 5.97 Å². The number of hydrogen-bond acceptors (Lipinski definition) is 5. The van der Waals surface area contributed by atoms with Gasteiger partial charge < -0.3 is 25.5 Å². The summed E-state index contributed by atoms with van der Waals surface area (Å²) >= 11 is 0. The highest BCUT2D eigenvalue weighted by Crippen LogP contribution is 2.27. The first-order valence-electron chi connectivity index (χ1n) is 14.3. The van der Waals surface area contributed by atoms with Gasteiger partial charge in [0.2, 0.25) is 0 Å². The number of piperidine rings is 1. The zero-order chi connectivity index (χ0) is 27.2. The number of fused-ring (bicyclic) bond motifs is 1. The van der Waals surface area contributed by atoms with Crippen LogP contribution in [0.1, 0.15) is 54.6 Å². The van der Waals surface area contributed by atoms with Gasteiger partial charge in [-0.1, -0.05) is 42.5 Å². The molecule has 2 fully saturated rings. The molecule has 0 saturated carbocycles. The predicted octanol–water partition coefficient (Wildman–Crippen LogP) is 4.69. The SMILES string of the molecule is C[C@@H](N[C@H]1CCN(c2ccc(C(=O)NCCCN3CCC(C(=O)O)CC3)cc2)C1)c1cccc2ccccc12. The molecule has 0 aromatic heterocycles. The number of amides is 1. The van der Waals surface area contributed by atoms with E-state index in [0.717, 1.165) is 51.3 Å². The van der Waals surface area contributed by atoms with Crippen molar-refractivity contribution in [1.82, 2.24) is 15.5 Å². The van der Waals surface area contributed by atoms with Gasteiger partial charge in [0.15, 0.2) is 0 Å². The molecule has 2 saturated heterocycles. The molecule has 3 N–H and O–H groups in total. The zero-order valence-electron chi connectivity index (χ0n) is 22.8. The molecule has 3 aromatic carbocycles. The van der Waals surface area contributed by atoms with Crippen molar-refractivity contribution in [2.24, 2.45) is 5.92 Å². The molecule has 5 rings (SSSR count). The maximum atomic E-state index is 12.6. The molecule has 3 aromatic rings. The van der Waals surface area contributed by atoms with Crippen LogP contribution in [0, 0.1) is 5.92 Å². The van der Waals surface area contributed by atoms with E-state index in [1.807, 2.05) is 12.1 Å². The third-order valence-corrected chi connectivity index (χ3v) is 8.33. The van der Waals surface area contributed by atoms with Crippen molar-refractivity contribution in [2.75, 3.05) is 44.2 Å². The van der Waals surface area contributed by atoms with E-state index in [0.29, 0.717) is 31.0 Å². The molecule has 2 aliphatic rings. The maximum absolute atomic E-state index is 12.6. The van der Waals surface area contributed by atoms with E-state index in [2.05, 4.69) is 82.0 Å². The molecular weight excluding hydrogens is 488 g/mol. The van der Waals surface area contributed by atoms with E-state index in [-0.39, 0.29) is 17.9 Å². The van der Waals surface area contributed by atoms with Crippen molar-refractivity contribution in [1.29, 1.82) is 0 Å². The summed E-state index contributed by atoms with van der Waals surface area (Å²) in [5.74, 6) is -0.929. The minimum atomic E-state index is -0.680. The number of nitrogens with one attached hydrogen (secondary N) is 2. The van der Waals surface area contributed by atoms with Gasteiger partial charge in [-0.05, 0) is 92.8 Å². The number of anilines is 1. The first-order chi connectivity index (χ1) is 19.0. The highest BCUT2D eigenvalue weighted by atomic mass is 16.4. The summed E-state index contributed by atoms with van der Waals surface area (Å²) in [6.45, 7) is 7.34. The van der Waals surface area contributed by atoms with Crippen LogP contribution in [0.4, 0.5) is 5.69 Å². The molecule has 7 heteroatoms. The Morgan fingerprint density at radius 2 is 1.69 bits per heavy atom. The lowest BCUT2D eigenvalue weighted by Crippen LogP contribution is -2.38. The van der Waals surface area contributed by atoms with E-state index in [1.54, 1.807) is 0 Å². The second-order valence-electron chi connectivity index (χ2n) is 11.0. The molecule has 0 radical (unpaired) electrons. The Balaban J connectivity index is 1.05. The summed E-state index contributed by atoms with van der Waals surface area (Å²) < 4.78 is 0. The summed E-state index contributed by atoms with van der Waals surface area (Å²) in [6, 6.07) is 23.7. The molecule has 206 valence electrons. The molecular formula is C32H40N4O3. The number of carboxylic acid groups (broad SMARTS) is 1. The number of carbonyl (C=O) groups is 2. The number of aliphatic carboxylic acids is 1. The summed E-state index contributed by atoms with van der Waals surface area (Å²) in [7, 11) is 0. The van der Waals surface area contributed by atoms with Crippen LogP contribution in [0.3, 0.4) is 0 Å². The van der Waals surface area contributed by atoms with E-state index >= 15 is 0 Å². The zero-order valence-corrected chi connectivity index (χ0v) is 22.8. The predicted molar refractivity (Wildman–Crippen MR) is 156 cm³/mol. The molecule has 2 heterocycles. The normalized spacial score (nSPS) is 19.3. The third-order valence-electron chi connectivity index (χ3n) is 8.33. The smallest absolute Gasteiger partial charge is 0.306 e. The number of benzene rings is 3. The Morgan fingerprint density at radius 1 is 0.949 bits per heavy atom. The molecule has 0 bridgehead atoms. The molecule has 39 heavy (non-hydrogen) atoms. The lowest BCUT2D eigenvalue weighted by Gasteiger charge is -2.29. The van der Waals surface area contributed by atoms with Gasteiger partial charge in [0, 0.05) is 43.0 Å². The fourth-order valence-electron chi connectivity index (χ4n) is 6.04. The van der Waals surface area contributed by atoms with Crippen LogP contribution in [0.15, 0.2) is 66.7 Å². The van der Waals surface area contributed by atoms with Gasteiger partial charge in [0.25, 0.3) is 5.91 Å². The quantitative estimate of drug-likeness (QED) is 0.331. The Bertz CT molecular complexity index is 1260. The molecule has 0 spiro atoms. The summed E-state index contributed by atoms with van der Waals surface area (Å²) in [6.07, 6.45) is 3.38. The summed E-state index contributed by atoms with van der Waals surface area (Å²) in [4.78, 5) is 28.4. The third kappa shape index (κ3) is 6.78. The minimum Gasteiger partial charge on any atom is -0.481 e. The van der Waals surface area contributed by atoms with Gasteiger partial charge >= 0.3 is 5.97 Å². The van der Waals surface area contributed by atoms with Crippen LogP contribution in [-0.2, 0) is 4.79 Å². The van der Waals surface area contributed by atoms with Gasteiger partial charge in [-0.2, -0.15) is 0 Å². The van der Waals surface area contributed by atoms with E-state index in [1.165, 1.54) is 16.3 Å². The second-order valence-corrected chi connectivity index (χ2v) is 11.0. The Hall–Kier alpha value is -3.42. The van der Waals surface area contributed by atoms with Crippen LogP contribution < -0.4 is 15.5 Å². The number of rotatable bonds is 10. The van der Waals surface area contributed by atoms with Gasteiger partial charge in [-0.25, -0.2) is 0 Å². The van der Waals surface area contributed by atoms with Crippen LogP contribution in [0.5, 0.6) is 0 Å². The highest BCUT2D eigenvalue weighted by molar-refractivity contribution is 5.94. The Labute approximate surface area is 231 Å². The summed E-state index contributed by atoms with van der Waals surface area (Å²) in [5, 5.41) is 18.6. The number of carbonyl (C=O) groups excluding carboxylic acids is 1. The van der Waals surface area contributed by atoms with Gasteiger partial charge in [0.1, 0.15) is 0 Å². The Kier molecular flexibility index (Phi) is 8.79. The maximum Gasteiger partial charge on any atom is 0.306 e. The van der Waals surface area contributed by atoms with Crippen LogP contribution >= 0.6 is 0 Å². The van der Waals surface area contributed by atoms with Crippen molar-refractivity contribution in [2.45, 2.75) is 44.7 Å². The first-order valence-corrected chi connectivity index (χ1v) is 14.3. The fourth-order valence-corrected chi connectivity index (χ4v) is 6.04. The van der Waals surface area contributed by atoms with Crippen LogP contribution in [0.2, 0.25) is 0 Å². The van der Waals surface area contributed by atoms with Crippen molar-refractivity contribution in [3.63, 3.8) is 0 Å². The average molecular weight is 529 g/mol. The van der Waals surface area contributed by atoms with Crippen LogP contribution in [0.25, 0.3) is 10.8 Å². The average Bonchev–Trinajstić information content (AvgIpc) is 3.43. The van der Waals surface area contributed by atoms with Crippen molar-refractivity contribution in [3.05, 3.63) is 77.9 Å². The molecule has 0 aliphatic carbocycles. The topological polar surface area (TPSA) is 84.9 Å². The lowest BCUT2D eigenvalue weighted by atomic mass is 9.97. The van der Waals surface area contributed by atoms with Gasteiger partial charge in [-0.15, -0.1) is 0 Å². The van der Waals surface area contributed by atoms with Crippen molar-refractivity contribution < 1.29 is 14.7 Å². The van der Waals surface area contributed by atoms with Gasteiger partial charge in [0.05, 0.1) is 5.92 Å². The number of hydrogen-bond donors (Lipinski definition) is 3. The monoisotopic (exact) mass is 528 g/mol. The molecule has 0 unspecified atom stereocenters. The number of likely N-dealkylation sites (tertiary alicyclic amines) is 1. The highest BCUT2D eigenvalue weighted by Gasteiger charge is 2.25. The number of carboxylic acids is 1. The molecule has 1 amide bonds. The first kappa shape index (κ1) is 27.2. The van der Waals surface area contributed by atoms with E-state index in [4.69, 9.17) is 5.11 Å². The van der Waals surface area contributed by atoms with E-state index in [9.17, 15) is 9.59 Å². The van der Waals surface area contributed by atoms with Crippen molar-refractivity contribution in [3.8, 4) is 0 Å². The largest absolute Gasteiger partial charge is 0.481 e. The van der Waals surface area contributed by atoms with Gasteiger partial charge in [-0.3, -0.25) is 9.59 Å². The molecule has 7 nitrogen and oxygen atoms in total. The molecule has 2 aliphatic heterocycles. The molecule has 2 atom stereocenters. The van der Waals surface area contributed by atoms with Crippen LogP contribution in [-0.4, -0.2) is 67.2 Å². The Morgan fingerprint density at radius 3 is 2.46 bits per heavy atom. The van der Waals surface area contributed by atoms with Crippen molar-refractivity contribution >= 4 is 28.3 Å². The number of nitrogens with zero attached hydrogens (tertiary/aromatic N) is 2. The standard InChI is InChI=1S/C32H40N4O3/c1-23(29-9-4-7-24-6-2-3-8-30(24)29)34-27-16-21-36(22-27)28-12-10-25(11-13-28)31(37)33-17-5-18-35-19-14-26(15-20-35)32(38)39/h2-4,6-13,23,26-27,34H,5,14-22H2,1H3,(H,33,37)(H,38,39)/t23-,27+/m1/s1. The fraction of sp³-hybridized carbons (Fsp3) is 0.438. The summed E-state index contributed by atoms with van der Waals surface area (Å²) in [5.41, 5.74) is 3.17.